The third-order valence-corrected chi connectivity index (χ3v) is 5.35. The zero-order valence-electron chi connectivity index (χ0n) is 14.0. The second kappa shape index (κ2) is 5.42. The lowest BCUT2D eigenvalue weighted by Crippen LogP contribution is -2.54. The van der Waals surface area contributed by atoms with Gasteiger partial charge in [-0.1, -0.05) is 12.2 Å². The van der Waals surface area contributed by atoms with E-state index in [9.17, 15) is 14.4 Å². The van der Waals surface area contributed by atoms with Gasteiger partial charge in [-0.3, -0.25) is 9.59 Å². The predicted molar refractivity (Wildman–Crippen MR) is 88.1 cm³/mol. The van der Waals surface area contributed by atoms with Gasteiger partial charge in [0.2, 0.25) is 5.91 Å². The Bertz CT molecular complexity index is 897. The number of fused-ring (bicyclic) bond motifs is 1. The van der Waals surface area contributed by atoms with Crippen LogP contribution in [-0.2, 0) is 26.2 Å². The van der Waals surface area contributed by atoms with E-state index in [0.29, 0.717) is 30.5 Å². The minimum atomic E-state index is -0.767. The number of esters is 1. The molecule has 0 unspecified atom stereocenters. The molecule has 0 saturated carbocycles. The molecule has 2 atom stereocenters. The number of hydrogen-bond acceptors (Lipinski definition) is 5. The van der Waals surface area contributed by atoms with Crippen LogP contribution in [0.3, 0.4) is 0 Å². The smallest absolute Gasteiger partial charge is 0.354 e. The molecule has 2 aliphatic heterocycles. The number of carbonyl (C=O) groups is 2. The number of nitrogens with one attached hydrogen (secondary N) is 1. The highest BCUT2D eigenvalue weighted by Crippen LogP contribution is 2.50. The summed E-state index contributed by atoms with van der Waals surface area (Å²) in [5, 5.41) is 0. The molecule has 7 heteroatoms. The Morgan fingerprint density at radius 3 is 2.88 bits per heavy atom. The zero-order valence-corrected chi connectivity index (χ0v) is 14.0. The fourth-order valence-electron chi connectivity index (χ4n) is 4.18. The molecule has 0 bridgehead atoms. The Morgan fingerprint density at radius 2 is 2.16 bits per heavy atom. The molecule has 0 saturated heterocycles. The number of carbonyl (C=O) groups excluding carboxylic acids is 2. The summed E-state index contributed by atoms with van der Waals surface area (Å²) in [6.07, 6.45) is 6.17. The van der Waals surface area contributed by atoms with Crippen molar-refractivity contribution in [2.75, 3.05) is 20.8 Å². The highest BCUT2D eigenvalue weighted by molar-refractivity contribution is 5.95. The van der Waals surface area contributed by atoms with E-state index in [2.05, 4.69) is 4.98 Å². The average molecular weight is 342 g/mol. The van der Waals surface area contributed by atoms with Gasteiger partial charge in [0.15, 0.2) is 0 Å². The summed E-state index contributed by atoms with van der Waals surface area (Å²) in [5.74, 6) is -0.695. The first-order valence-corrected chi connectivity index (χ1v) is 8.11. The zero-order chi connectivity index (χ0) is 17.8. The molecule has 0 fully saturated rings. The number of hydrogen-bond donors (Lipinski definition) is 1. The highest BCUT2D eigenvalue weighted by atomic mass is 16.5. The normalized spacial score (nSPS) is 26.6. The molecule has 1 aromatic rings. The standard InChI is InChI=1S/C18H18N2O5/c1-24-11-4-3-10-7-15(21)20-6-5-12-13(18(10,20)9-11)8-14(17(23)25-2)19-16(12)22/h3-4,7-8,11H,5-6,9H2,1-2H3,(H,19,22)/t11-,18-/m0/s1. The molecule has 3 heterocycles. The minimum Gasteiger partial charge on any atom is -0.464 e. The lowest BCUT2D eigenvalue weighted by Gasteiger charge is -2.47. The third kappa shape index (κ3) is 2.05. The Balaban J connectivity index is 1.98. The van der Waals surface area contributed by atoms with Crippen LogP contribution in [0.2, 0.25) is 0 Å². The van der Waals surface area contributed by atoms with Crippen molar-refractivity contribution in [2.24, 2.45) is 0 Å². The van der Waals surface area contributed by atoms with Gasteiger partial charge in [0.25, 0.3) is 5.56 Å². The van der Waals surface area contributed by atoms with Crippen molar-refractivity contribution in [3.63, 3.8) is 0 Å². The summed E-state index contributed by atoms with van der Waals surface area (Å²) in [6, 6.07) is 1.65. The van der Waals surface area contributed by atoms with Crippen LogP contribution in [0.25, 0.3) is 0 Å². The molecule has 1 aromatic heterocycles. The first-order valence-electron chi connectivity index (χ1n) is 8.11. The van der Waals surface area contributed by atoms with Gasteiger partial charge in [-0.05, 0) is 23.6 Å². The summed E-state index contributed by atoms with van der Waals surface area (Å²) >= 11 is 0. The second-order valence-electron chi connectivity index (χ2n) is 6.43. The topological polar surface area (TPSA) is 88.7 Å². The molecule has 4 rings (SSSR count). The van der Waals surface area contributed by atoms with Crippen molar-refractivity contribution in [3.8, 4) is 0 Å². The van der Waals surface area contributed by atoms with E-state index in [1.54, 1.807) is 24.2 Å². The number of pyridine rings is 1. The number of aromatic amines is 1. The van der Waals surface area contributed by atoms with Crippen molar-refractivity contribution in [1.82, 2.24) is 9.88 Å². The van der Waals surface area contributed by atoms with Gasteiger partial charge in [-0.2, -0.15) is 0 Å². The number of H-pyrrole nitrogens is 1. The summed E-state index contributed by atoms with van der Waals surface area (Å²) < 4.78 is 10.2. The summed E-state index contributed by atoms with van der Waals surface area (Å²) in [7, 11) is 2.88. The number of nitrogens with zero attached hydrogens (tertiary/aromatic N) is 1. The Kier molecular flexibility index (Phi) is 3.43. The number of amides is 1. The van der Waals surface area contributed by atoms with Crippen molar-refractivity contribution in [1.29, 1.82) is 0 Å². The van der Waals surface area contributed by atoms with E-state index in [-0.39, 0.29) is 23.3 Å². The first kappa shape index (κ1) is 15.8. The van der Waals surface area contributed by atoms with Crippen LogP contribution >= 0.6 is 0 Å². The average Bonchev–Trinajstić information content (AvgIpc) is 2.92. The predicted octanol–water partition coefficient (Wildman–Crippen LogP) is 0.656. The SMILES string of the molecule is COC(=O)c1cc2c(c(=O)[nH]1)CCN1C(=O)C=C3C=C[C@H](OC)C[C@]321. The van der Waals surface area contributed by atoms with Crippen LogP contribution < -0.4 is 5.56 Å². The van der Waals surface area contributed by atoms with Gasteiger partial charge >= 0.3 is 5.97 Å². The van der Waals surface area contributed by atoms with Crippen LogP contribution in [-0.4, -0.2) is 48.6 Å². The van der Waals surface area contributed by atoms with Crippen LogP contribution in [0.15, 0.2) is 34.7 Å². The maximum Gasteiger partial charge on any atom is 0.354 e. The summed E-state index contributed by atoms with van der Waals surface area (Å²) in [6.45, 7) is 0.455. The Morgan fingerprint density at radius 1 is 1.36 bits per heavy atom. The van der Waals surface area contributed by atoms with Crippen molar-refractivity contribution in [3.05, 3.63) is 57.0 Å². The van der Waals surface area contributed by atoms with Crippen LogP contribution in [0.5, 0.6) is 0 Å². The lowest BCUT2D eigenvalue weighted by atomic mass is 9.71. The van der Waals surface area contributed by atoms with Crippen molar-refractivity contribution in [2.45, 2.75) is 24.5 Å². The number of ether oxygens (including phenoxy) is 2. The molecule has 7 nitrogen and oxygen atoms in total. The first-order chi connectivity index (χ1) is 12.0. The van der Waals surface area contributed by atoms with E-state index < -0.39 is 11.5 Å². The van der Waals surface area contributed by atoms with Crippen LogP contribution in [0.1, 0.15) is 28.0 Å². The highest BCUT2D eigenvalue weighted by Gasteiger charge is 2.53. The Labute approximate surface area is 143 Å². The number of aromatic nitrogens is 1. The minimum absolute atomic E-state index is 0.0815. The quantitative estimate of drug-likeness (QED) is 0.798. The van der Waals surface area contributed by atoms with Crippen LogP contribution in [0, 0.1) is 0 Å². The van der Waals surface area contributed by atoms with Gasteiger partial charge < -0.3 is 19.4 Å². The van der Waals surface area contributed by atoms with E-state index in [1.807, 2.05) is 12.2 Å². The van der Waals surface area contributed by atoms with Crippen molar-refractivity contribution < 1.29 is 19.1 Å². The summed E-state index contributed by atoms with van der Waals surface area (Å²) in [4.78, 5) is 41.4. The molecule has 1 spiro atoms. The molecule has 25 heavy (non-hydrogen) atoms. The molecule has 3 aliphatic rings. The van der Waals surface area contributed by atoms with Crippen LogP contribution in [0.4, 0.5) is 0 Å². The van der Waals surface area contributed by atoms with Crippen molar-refractivity contribution >= 4 is 11.9 Å². The van der Waals surface area contributed by atoms with E-state index >= 15 is 0 Å². The van der Waals surface area contributed by atoms with E-state index in [1.165, 1.54) is 7.11 Å². The monoisotopic (exact) mass is 342 g/mol. The van der Waals surface area contributed by atoms with Gasteiger partial charge in [-0.15, -0.1) is 0 Å². The van der Waals surface area contributed by atoms with E-state index in [0.717, 1.165) is 5.57 Å². The summed E-state index contributed by atoms with van der Waals surface area (Å²) in [5.41, 5.74) is 1.13. The van der Waals surface area contributed by atoms with Gasteiger partial charge in [0.1, 0.15) is 5.69 Å². The van der Waals surface area contributed by atoms with Gasteiger partial charge in [0.05, 0.1) is 18.8 Å². The van der Waals surface area contributed by atoms with Gasteiger partial charge in [0, 0.05) is 31.7 Å². The van der Waals surface area contributed by atoms with E-state index in [4.69, 9.17) is 9.47 Å². The largest absolute Gasteiger partial charge is 0.464 e. The molecule has 0 aromatic carbocycles. The lowest BCUT2D eigenvalue weighted by molar-refractivity contribution is -0.130. The molecule has 1 aliphatic carbocycles. The second-order valence-corrected chi connectivity index (χ2v) is 6.43. The fraction of sp³-hybridized carbons (Fsp3) is 0.389. The Hall–Kier alpha value is -2.67. The maximum atomic E-state index is 12.6. The molecular formula is C18H18N2O5. The molecule has 130 valence electrons. The number of methoxy groups -OCH3 is 2. The fourth-order valence-corrected chi connectivity index (χ4v) is 4.18. The maximum absolute atomic E-state index is 12.6. The van der Waals surface area contributed by atoms with Gasteiger partial charge in [-0.25, -0.2) is 4.79 Å². The molecule has 0 radical (unpaired) electrons. The molecular weight excluding hydrogens is 324 g/mol. The third-order valence-electron chi connectivity index (χ3n) is 5.35. The number of rotatable bonds is 2. The molecule has 1 amide bonds. The molecule has 1 N–H and O–H groups in total.